The lowest BCUT2D eigenvalue weighted by atomic mass is 9.70. The second-order valence-corrected chi connectivity index (χ2v) is 4.07. The average Bonchev–Trinajstić information content (AvgIpc) is 2.06. The summed E-state index contributed by atoms with van der Waals surface area (Å²) >= 11 is 0. The van der Waals surface area contributed by atoms with Crippen molar-refractivity contribution in [3.8, 4) is 0 Å². The highest BCUT2D eigenvalue weighted by molar-refractivity contribution is 5.84. The van der Waals surface area contributed by atoms with Crippen molar-refractivity contribution >= 4 is 5.71 Å². The molecule has 2 unspecified atom stereocenters. The van der Waals surface area contributed by atoms with Crippen molar-refractivity contribution in [1.29, 1.82) is 5.41 Å². The van der Waals surface area contributed by atoms with Gasteiger partial charge in [0.05, 0.1) is 0 Å². The van der Waals surface area contributed by atoms with Gasteiger partial charge >= 0.3 is 0 Å². The molecule has 0 heterocycles. The maximum Gasteiger partial charge on any atom is 0.0123 e. The Hall–Kier alpha value is -0.330. The zero-order valence-electron chi connectivity index (χ0n) is 7.10. The number of hydrogen-bond donors (Lipinski definition) is 1. The first kappa shape index (κ1) is 7.33. The van der Waals surface area contributed by atoms with Crippen LogP contribution in [0.3, 0.4) is 0 Å². The molecule has 2 atom stereocenters. The third kappa shape index (κ3) is 1.33. The smallest absolute Gasteiger partial charge is 0.0123 e. The Morgan fingerprint density at radius 3 is 2.55 bits per heavy atom. The number of rotatable bonds is 0. The summed E-state index contributed by atoms with van der Waals surface area (Å²) in [6.45, 7) is 0. The van der Waals surface area contributed by atoms with Crippen LogP contribution in [-0.4, -0.2) is 5.71 Å². The Kier molecular flexibility index (Phi) is 1.97. The van der Waals surface area contributed by atoms with Gasteiger partial charge in [0.15, 0.2) is 0 Å². The first-order valence-electron chi connectivity index (χ1n) is 4.95. The molecule has 0 aromatic carbocycles. The van der Waals surface area contributed by atoms with E-state index in [1.165, 1.54) is 38.5 Å². The standard InChI is InChI=1S/C10H17N/c11-10-7-3-5-8-4-1-2-6-9(8)10/h8-9,11H,1-7H2. The lowest BCUT2D eigenvalue weighted by Crippen LogP contribution is -2.30. The molecule has 0 saturated heterocycles. The molecule has 1 N–H and O–H groups in total. The molecule has 0 spiro atoms. The summed E-state index contributed by atoms with van der Waals surface area (Å²) in [7, 11) is 0. The highest BCUT2D eigenvalue weighted by Crippen LogP contribution is 2.38. The minimum atomic E-state index is 0.706. The van der Waals surface area contributed by atoms with Crippen LogP contribution in [0, 0.1) is 17.2 Å². The largest absolute Gasteiger partial charge is 0.309 e. The van der Waals surface area contributed by atoms with E-state index in [0.717, 1.165) is 18.1 Å². The van der Waals surface area contributed by atoms with Gasteiger partial charge in [-0.1, -0.05) is 12.8 Å². The summed E-state index contributed by atoms with van der Waals surface area (Å²) < 4.78 is 0. The van der Waals surface area contributed by atoms with Crippen molar-refractivity contribution in [1.82, 2.24) is 0 Å². The van der Waals surface area contributed by atoms with Gasteiger partial charge in [-0.05, 0) is 43.9 Å². The first-order valence-corrected chi connectivity index (χ1v) is 4.95. The van der Waals surface area contributed by atoms with Gasteiger partial charge in [-0.25, -0.2) is 0 Å². The van der Waals surface area contributed by atoms with Crippen LogP contribution >= 0.6 is 0 Å². The van der Waals surface area contributed by atoms with Crippen LogP contribution in [0.5, 0.6) is 0 Å². The van der Waals surface area contributed by atoms with Crippen LogP contribution in [0.25, 0.3) is 0 Å². The van der Waals surface area contributed by atoms with Crippen LogP contribution < -0.4 is 0 Å². The van der Waals surface area contributed by atoms with E-state index in [0.29, 0.717) is 5.92 Å². The first-order chi connectivity index (χ1) is 5.38. The highest BCUT2D eigenvalue weighted by Gasteiger charge is 2.30. The molecule has 2 aliphatic rings. The van der Waals surface area contributed by atoms with E-state index in [4.69, 9.17) is 5.41 Å². The summed E-state index contributed by atoms with van der Waals surface area (Å²) in [5.74, 6) is 1.61. The lowest BCUT2D eigenvalue weighted by Gasteiger charge is -2.35. The fourth-order valence-electron chi connectivity index (χ4n) is 2.75. The molecule has 1 nitrogen and oxygen atoms in total. The quantitative estimate of drug-likeness (QED) is 0.550. The van der Waals surface area contributed by atoms with Crippen molar-refractivity contribution in [2.75, 3.05) is 0 Å². The van der Waals surface area contributed by atoms with Gasteiger partial charge in [0.2, 0.25) is 0 Å². The van der Waals surface area contributed by atoms with Crippen LogP contribution in [0.2, 0.25) is 0 Å². The molecule has 0 amide bonds. The predicted molar refractivity (Wildman–Crippen MR) is 47.0 cm³/mol. The molecule has 2 rings (SSSR count). The van der Waals surface area contributed by atoms with Crippen LogP contribution in [0.1, 0.15) is 44.9 Å². The van der Waals surface area contributed by atoms with Gasteiger partial charge < -0.3 is 5.41 Å². The molecule has 2 aliphatic carbocycles. The normalized spacial score (nSPS) is 38.4. The van der Waals surface area contributed by atoms with Gasteiger partial charge in [-0.3, -0.25) is 0 Å². The molecule has 1 heteroatoms. The van der Waals surface area contributed by atoms with Crippen molar-refractivity contribution in [3.63, 3.8) is 0 Å². The van der Waals surface area contributed by atoms with Crippen molar-refractivity contribution < 1.29 is 0 Å². The van der Waals surface area contributed by atoms with E-state index in [1.807, 2.05) is 0 Å². The van der Waals surface area contributed by atoms with Gasteiger partial charge in [-0.2, -0.15) is 0 Å². The second kappa shape index (κ2) is 2.96. The Balaban J connectivity index is 2.05. The highest BCUT2D eigenvalue weighted by atomic mass is 14.5. The summed E-state index contributed by atoms with van der Waals surface area (Å²) in [5, 5.41) is 7.81. The van der Waals surface area contributed by atoms with E-state index < -0.39 is 0 Å². The van der Waals surface area contributed by atoms with E-state index in [9.17, 15) is 0 Å². The molecule has 2 saturated carbocycles. The van der Waals surface area contributed by atoms with Crippen LogP contribution in [0.4, 0.5) is 0 Å². The molecule has 0 aromatic heterocycles. The van der Waals surface area contributed by atoms with Crippen molar-refractivity contribution in [3.05, 3.63) is 0 Å². The summed E-state index contributed by atoms with van der Waals surface area (Å²) in [4.78, 5) is 0. The minimum absolute atomic E-state index is 0.706. The Labute approximate surface area is 68.7 Å². The molecule has 0 radical (unpaired) electrons. The van der Waals surface area contributed by atoms with E-state index >= 15 is 0 Å². The fraction of sp³-hybridized carbons (Fsp3) is 0.900. The van der Waals surface area contributed by atoms with E-state index in [-0.39, 0.29) is 0 Å². The molecule has 0 bridgehead atoms. The van der Waals surface area contributed by atoms with Gasteiger partial charge in [-0.15, -0.1) is 0 Å². The molecule has 0 aromatic rings. The van der Waals surface area contributed by atoms with Crippen LogP contribution in [0.15, 0.2) is 0 Å². The fourth-order valence-corrected chi connectivity index (χ4v) is 2.75. The average molecular weight is 151 g/mol. The van der Waals surface area contributed by atoms with Crippen LogP contribution in [-0.2, 0) is 0 Å². The third-order valence-electron chi connectivity index (χ3n) is 3.38. The third-order valence-corrected chi connectivity index (χ3v) is 3.38. The van der Waals surface area contributed by atoms with Gasteiger partial charge in [0.25, 0.3) is 0 Å². The van der Waals surface area contributed by atoms with E-state index in [1.54, 1.807) is 0 Å². The zero-order chi connectivity index (χ0) is 7.68. The Morgan fingerprint density at radius 2 is 1.73 bits per heavy atom. The molecule has 0 aliphatic heterocycles. The zero-order valence-corrected chi connectivity index (χ0v) is 7.10. The number of nitrogens with one attached hydrogen (secondary N) is 1. The molecule has 11 heavy (non-hydrogen) atoms. The number of hydrogen-bond acceptors (Lipinski definition) is 1. The molecular formula is C10H17N. The molecular weight excluding hydrogens is 134 g/mol. The number of fused-ring (bicyclic) bond motifs is 1. The Bertz CT molecular complexity index is 160. The minimum Gasteiger partial charge on any atom is -0.309 e. The topological polar surface area (TPSA) is 23.9 Å². The lowest BCUT2D eigenvalue weighted by molar-refractivity contribution is 0.260. The molecule has 2 fully saturated rings. The summed E-state index contributed by atoms with van der Waals surface area (Å²) in [6, 6.07) is 0. The maximum absolute atomic E-state index is 7.81. The predicted octanol–water partition coefficient (Wildman–Crippen LogP) is 3.00. The summed E-state index contributed by atoms with van der Waals surface area (Å²) in [6.07, 6.45) is 9.34. The maximum atomic E-state index is 7.81. The summed E-state index contributed by atoms with van der Waals surface area (Å²) in [5.41, 5.74) is 1.07. The van der Waals surface area contributed by atoms with E-state index in [2.05, 4.69) is 0 Å². The second-order valence-electron chi connectivity index (χ2n) is 4.07. The Morgan fingerprint density at radius 1 is 1.00 bits per heavy atom. The van der Waals surface area contributed by atoms with Crippen molar-refractivity contribution in [2.45, 2.75) is 44.9 Å². The monoisotopic (exact) mass is 151 g/mol. The van der Waals surface area contributed by atoms with Crippen molar-refractivity contribution in [2.24, 2.45) is 11.8 Å². The molecule has 62 valence electrons. The van der Waals surface area contributed by atoms with Gasteiger partial charge in [0, 0.05) is 5.71 Å². The SMILES string of the molecule is N=C1CCCC2CCCCC12. The van der Waals surface area contributed by atoms with Gasteiger partial charge in [0.1, 0.15) is 0 Å².